The Kier molecular flexibility index (Phi) is 5.87. The van der Waals surface area contributed by atoms with Crippen LogP contribution >= 0.6 is 0 Å². The Balaban J connectivity index is 1.75. The van der Waals surface area contributed by atoms with Gasteiger partial charge < -0.3 is 10.1 Å². The molecular formula is C24H26N2O3. The van der Waals surface area contributed by atoms with Crippen LogP contribution in [-0.4, -0.2) is 17.6 Å². The summed E-state index contributed by atoms with van der Waals surface area (Å²) >= 11 is 0. The van der Waals surface area contributed by atoms with E-state index >= 15 is 0 Å². The van der Waals surface area contributed by atoms with Crippen LogP contribution in [0.1, 0.15) is 49.7 Å². The van der Waals surface area contributed by atoms with E-state index in [4.69, 9.17) is 4.74 Å². The van der Waals surface area contributed by atoms with Crippen LogP contribution in [0.5, 0.6) is 0 Å². The minimum absolute atomic E-state index is 0.193. The minimum Gasteiger partial charge on any atom is -0.444 e. The van der Waals surface area contributed by atoms with Gasteiger partial charge in [0.1, 0.15) is 5.60 Å². The Bertz CT molecular complexity index is 1040. The van der Waals surface area contributed by atoms with Gasteiger partial charge in [-0.15, -0.1) is 0 Å². The second-order valence-electron chi connectivity index (χ2n) is 7.97. The quantitative estimate of drug-likeness (QED) is 0.602. The van der Waals surface area contributed by atoms with Crippen molar-refractivity contribution < 1.29 is 14.3 Å². The maximum Gasteiger partial charge on any atom is 0.412 e. The molecule has 3 rings (SSSR count). The second kappa shape index (κ2) is 8.35. The van der Waals surface area contributed by atoms with E-state index in [1.54, 1.807) is 45.0 Å². The molecule has 1 atom stereocenters. The molecule has 0 spiro atoms. The molecule has 0 saturated heterocycles. The molecule has 0 heterocycles. The maximum atomic E-state index is 12.9. The fraction of sp³-hybridized carbons (Fsp3) is 0.250. The van der Waals surface area contributed by atoms with Crippen molar-refractivity contribution in [1.29, 1.82) is 0 Å². The van der Waals surface area contributed by atoms with Crippen LogP contribution in [-0.2, 0) is 4.74 Å². The Morgan fingerprint density at radius 1 is 0.897 bits per heavy atom. The lowest BCUT2D eigenvalue weighted by molar-refractivity contribution is 0.0636. The normalized spacial score (nSPS) is 12.3. The summed E-state index contributed by atoms with van der Waals surface area (Å²) in [6.45, 7) is 7.30. The van der Waals surface area contributed by atoms with Gasteiger partial charge >= 0.3 is 6.09 Å². The highest BCUT2D eigenvalue weighted by molar-refractivity contribution is 6.02. The zero-order valence-corrected chi connectivity index (χ0v) is 17.2. The predicted octanol–water partition coefficient (Wildman–Crippen LogP) is 5.68. The first-order valence-electron chi connectivity index (χ1n) is 9.61. The van der Waals surface area contributed by atoms with Gasteiger partial charge in [0.15, 0.2) is 0 Å². The zero-order valence-electron chi connectivity index (χ0n) is 17.2. The number of anilines is 1. The molecule has 0 saturated carbocycles. The van der Waals surface area contributed by atoms with E-state index in [1.165, 1.54) is 0 Å². The Labute approximate surface area is 171 Å². The fourth-order valence-electron chi connectivity index (χ4n) is 3.04. The summed E-state index contributed by atoms with van der Waals surface area (Å²) in [4.78, 5) is 25.0. The zero-order chi connectivity index (χ0) is 21.0. The van der Waals surface area contributed by atoms with E-state index < -0.39 is 11.7 Å². The molecule has 3 aromatic carbocycles. The SMILES string of the molecule is C[C@@H](NC(=O)c1ccccc1NC(=O)OC(C)(C)C)c1ccc2ccccc2c1. The van der Waals surface area contributed by atoms with Gasteiger partial charge in [-0.3, -0.25) is 10.1 Å². The largest absolute Gasteiger partial charge is 0.444 e. The number of hydrogen-bond acceptors (Lipinski definition) is 3. The highest BCUT2D eigenvalue weighted by Crippen LogP contribution is 2.22. The lowest BCUT2D eigenvalue weighted by Crippen LogP contribution is -2.30. The summed E-state index contributed by atoms with van der Waals surface area (Å²) in [5, 5.41) is 7.95. The van der Waals surface area contributed by atoms with Crippen molar-refractivity contribution in [3.05, 3.63) is 77.9 Å². The molecule has 0 aliphatic heterocycles. The molecule has 2 N–H and O–H groups in total. The average Bonchev–Trinajstić information content (AvgIpc) is 2.66. The number of para-hydroxylation sites is 1. The highest BCUT2D eigenvalue weighted by atomic mass is 16.6. The van der Waals surface area contributed by atoms with Gasteiger partial charge in [0.2, 0.25) is 0 Å². The summed E-state index contributed by atoms with van der Waals surface area (Å²) in [6, 6.07) is 20.9. The molecule has 0 unspecified atom stereocenters. The number of nitrogens with one attached hydrogen (secondary N) is 2. The molecule has 5 nitrogen and oxygen atoms in total. The number of rotatable bonds is 4. The van der Waals surface area contributed by atoms with Gasteiger partial charge in [-0.1, -0.05) is 48.5 Å². The average molecular weight is 390 g/mol. The van der Waals surface area contributed by atoms with E-state index in [1.807, 2.05) is 37.3 Å². The number of hydrogen-bond donors (Lipinski definition) is 2. The molecule has 0 fully saturated rings. The van der Waals surface area contributed by atoms with Crippen molar-refractivity contribution in [2.75, 3.05) is 5.32 Å². The standard InChI is InChI=1S/C24H26N2O3/c1-16(18-14-13-17-9-5-6-10-19(17)15-18)25-22(27)20-11-7-8-12-21(20)26-23(28)29-24(2,3)4/h5-16H,1-4H3,(H,25,27)(H,26,28)/t16-/m1/s1. The Hall–Kier alpha value is -3.34. The monoisotopic (exact) mass is 390 g/mol. The third-order valence-electron chi connectivity index (χ3n) is 4.43. The maximum absolute atomic E-state index is 12.9. The van der Waals surface area contributed by atoms with Crippen LogP contribution in [0.2, 0.25) is 0 Å². The summed E-state index contributed by atoms with van der Waals surface area (Å²) < 4.78 is 5.29. The minimum atomic E-state index is -0.619. The summed E-state index contributed by atoms with van der Waals surface area (Å²) in [6.07, 6.45) is -0.597. The van der Waals surface area contributed by atoms with Crippen molar-refractivity contribution >= 4 is 28.5 Å². The van der Waals surface area contributed by atoms with E-state index in [9.17, 15) is 9.59 Å². The fourth-order valence-corrected chi connectivity index (χ4v) is 3.04. The number of fused-ring (bicyclic) bond motifs is 1. The van der Waals surface area contributed by atoms with Crippen molar-refractivity contribution in [2.45, 2.75) is 39.3 Å². The van der Waals surface area contributed by atoms with Crippen LogP contribution < -0.4 is 10.6 Å². The van der Waals surface area contributed by atoms with Crippen LogP contribution in [0.3, 0.4) is 0 Å². The van der Waals surface area contributed by atoms with Gasteiger partial charge in [0.25, 0.3) is 5.91 Å². The molecule has 3 aromatic rings. The number of amides is 2. The smallest absolute Gasteiger partial charge is 0.412 e. The van der Waals surface area contributed by atoms with Crippen molar-refractivity contribution in [3.8, 4) is 0 Å². The molecule has 0 radical (unpaired) electrons. The van der Waals surface area contributed by atoms with Crippen LogP contribution in [0.4, 0.5) is 10.5 Å². The van der Waals surface area contributed by atoms with Crippen molar-refractivity contribution in [1.82, 2.24) is 5.32 Å². The molecule has 0 aliphatic rings. The molecule has 0 aliphatic carbocycles. The van der Waals surface area contributed by atoms with Gasteiger partial charge in [0, 0.05) is 0 Å². The lowest BCUT2D eigenvalue weighted by atomic mass is 10.0. The Morgan fingerprint density at radius 3 is 2.28 bits per heavy atom. The van der Waals surface area contributed by atoms with Crippen LogP contribution in [0.25, 0.3) is 10.8 Å². The molecule has 0 aromatic heterocycles. The third kappa shape index (κ3) is 5.35. The summed E-state index contributed by atoms with van der Waals surface area (Å²) in [7, 11) is 0. The van der Waals surface area contributed by atoms with E-state index in [-0.39, 0.29) is 11.9 Å². The van der Waals surface area contributed by atoms with Gasteiger partial charge in [-0.25, -0.2) is 4.79 Å². The van der Waals surface area contributed by atoms with Crippen molar-refractivity contribution in [2.24, 2.45) is 0 Å². The van der Waals surface area contributed by atoms with E-state index in [0.29, 0.717) is 11.3 Å². The molecule has 150 valence electrons. The highest BCUT2D eigenvalue weighted by Gasteiger charge is 2.20. The van der Waals surface area contributed by atoms with E-state index in [0.717, 1.165) is 16.3 Å². The number of carbonyl (C=O) groups is 2. The Morgan fingerprint density at radius 2 is 1.55 bits per heavy atom. The van der Waals surface area contributed by atoms with Crippen LogP contribution in [0.15, 0.2) is 66.7 Å². The van der Waals surface area contributed by atoms with Gasteiger partial charge in [0.05, 0.1) is 17.3 Å². The third-order valence-corrected chi connectivity index (χ3v) is 4.43. The topological polar surface area (TPSA) is 67.4 Å². The number of carbonyl (C=O) groups excluding carboxylic acids is 2. The molecule has 5 heteroatoms. The first-order chi connectivity index (χ1) is 13.7. The molecular weight excluding hydrogens is 364 g/mol. The first kappa shape index (κ1) is 20.4. The lowest BCUT2D eigenvalue weighted by Gasteiger charge is -2.21. The number of benzene rings is 3. The molecule has 29 heavy (non-hydrogen) atoms. The van der Waals surface area contributed by atoms with Crippen LogP contribution in [0, 0.1) is 0 Å². The van der Waals surface area contributed by atoms with Gasteiger partial charge in [-0.05, 0) is 62.2 Å². The molecule has 2 amide bonds. The second-order valence-corrected chi connectivity index (χ2v) is 7.97. The van der Waals surface area contributed by atoms with Crippen molar-refractivity contribution in [3.63, 3.8) is 0 Å². The van der Waals surface area contributed by atoms with E-state index in [2.05, 4.69) is 22.8 Å². The first-order valence-corrected chi connectivity index (χ1v) is 9.61. The molecule has 0 bridgehead atoms. The summed E-state index contributed by atoms with van der Waals surface area (Å²) in [5.41, 5.74) is 1.18. The van der Waals surface area contributed by atoms with Gasteiger partial charge in [-0.2, -0.15) is 0 Å². The summed E-state index contributed by atoms with van der Waals surface area (Å²) in [5.74, 6) is -0.266. The predicted molar refractivity (Wildman–Crippen MR) is 116 cm³/mol. The number of ether oxygens (including phenoxy) is 1.